The SMILES string of the molecule is O=C(/C=C/c1ccccc1)NCCn1nc(-c2cccs2)ccc1=O. The van der Waals surface area contributed by atoms with Crippen molar-refractivity contribution < 1.29 is 4.79 Å². The highest BCUT2D eigenvalue weighted by Gasteiger charge is 2.04. The first kappa shape index (κ1) is 16.9. The summed E-state index contributed by atoms with van der Waals surface area (Å²) in [5.74, 6) is -0.202. The van der Waals surface area contributed by atoms with E-state index < -0.39 is 0 Å². The Kier molecular flexibility index (Phi) is 5.53. The van der Waals surface area contributed by atoms with E-state index in [1.165, 1.54) is 16.8 Å². The van der Waals surface area contributed by atoms with E-state index in [2.05, 4.69) is 10.4 Å². The van der Waals surface area contributed by atoms with Crippen LogP contribution in [0.3, 0.4) is 0 Å². The number of aromatic nitrogens is 2. The van der Waals surface area contributed by atoms with Crippen LogP contribution in [0.2, 0.25) is 0 Å². The van der Waals surface area contributed by atoms with Crippen molar-refractivity contribution in [1.82, 2.24) is 15.1 Å². The molecule has 3 rings (SSSR count). The van der Waals surface area contributed by atoms with Gasteiger partial charge in [0.15, 0.2) is 0 Å². The zero-order chi connectivity index (χ0) is 17.5. The minimum absolute atomic E-state index is 0.186. The molecule has 2 aromatic heterocycles. The van der Waals surface area contributed by atoms with Crippen LogP contribution in [0.5, 0.6) is 0 Å². The number of carbonyl (C=O) groups excluding carboxylic acids is 1. The standard InChI is InChI=1S/C19H17N3O2S/c23-18(10-8-15-5-2-1-3-6-15)20-12-13-22-19(24)11-9-16(21-22)17-7-4-14-25-17/h1-11,14H,12-13H2,(H,20,23)/b10-8+. The van der Waals surface area contributed by atoms with Gasteiger partial charge < -0.3 is 5.32 Å². The van der Waals surface area contributed by atoms with Crippen LogP contribution < -0.4 is 10.9 Å². The summed E-state index contributed by atoms with van der Waals surface area (Å²) in [6.07, 6.45) is 3.23. The third-order valence-electron chi connectivity index (χ3n) is 3.49. The van der Waals surface area contributed by atoms with Gasteiger partial charge in [0.1, 0.15) is 5.69 Å². The van der Waals surface area contributed by atoms with E-state index in [1.54, 1.807) is 23.5 Å². The van der Waals surface area contributed by atoms with Crippen molar-refractivity contribution in [2.24, 2.45) is 0 Å². The molecule has 0 aliphatic carbocycles. The van der Waals surface area contributed by atoms with Crippen LogP contribution in [0.1, 0.15) is 5.56 Å². The van der Waals surface area contributed by atoms with Crippen molar-refractivity contribution in [3.05, 3.63) is 82.0 Å². The molecular formula is C19H17N3O2S. The van der Waals surface area contributed by atoms with E-state index in [1.807, 2.05) is 47.8 Å². The molecule has 2 heterocycles. The highest BCUT2D eigenvalue weighted by molar-refractivity contribution is 7.13. The summed E-state index contributed by atoms with van der Waals surface area (Å²) in [6, 6.07) is 16.7. The first-order valence-corrected chi connectivity index (χ1v) is 8.73. The van der Waals surface area contributed by atoms with E-state index >= 15 is 0 Å². The van der Waals surface area contributed by atoms with Crippen molar-refractivity contribution in [1.29, 1.82) is 0 Å². The average Bonchev–Trinajstić information content (AvgIpc) is 3.17. The van der Waals surface area contributed by atoms with Gasteiger partial charge in [0.25, 0.3) is 5.56 Å². The second-order valence-electron chi connectivity index (χ2n) is 5.29. The van der Waals surface area contributed by atoms with Gasteiger partial charge in [-0.2, -0.15) is 5.10 Å². The van der Waals surface area contributed by atoms with Crippen LogP contribution in [0.15, 0.2) is 70.8 Å². The number of nitrogens with one attached hydrogen (secondary N) is 1. The quantitative estimate of drug-likeness (QED) is 0.695. The minimum atomic E-state index is -0.202. The fourth-order valence-electron chi connectivity index (χ4n) is 2.24. The zero-order valence-electron chi connectivity index (χ0n) is 13.5. The molecule has 0 aliphatic heterocycles. The number of benzene rings is 1. The number of nitrogens with zero attached hydrogens (tertiary/aromatic N) is 2. The highest BCUT2D eigenvalue weighted by Crippen LogP contribution is 2.20. The Balaban J connectivity index is 1.57. The monoisotopic (exact) mass is 351 g/mol. The number of hydrogen-bond acceptors (Lipinski definition) is 4. The third-order valence-corrected chi connectivity index (χ3v) is 4.38. The molecule has 126 valence electrons. The maximum Gasteiger partial charge on any atom is 0.266 e. The van der Waals surface area contributed by atoms with Crippen LogP contribution in [-0.4, -0.2) is 22.2 Å². The van der Waals surface area contributed by atoms with Crippen molar-refractivity contribution in [2.45, 2.75) is 6.54 Å². The smallest absolute Gasteiger partial charge is 0.266 e. The Hall–Kier alpha value is -2.99. The third kappa shape index (κ3) is 4.74. The van der Waals surface area contributed by atoms with Gasteiger partial charge in [0.05, 0.1) is 11.4 Å². The van der Waals surface area contributed by atoms with Crippen molar-refractivity contribution in [3.8, 4) is 10.6 Å². The van der Waals surface area contributed by atoms with Gasteiger partial charge in [-0.25, -0.2) is 4.68 Å². The summed E-state index contributed by atoms with van der Waals surface area (Å²) in [7, 11) is 0. The highest BCUT2D eigenvalue weighted by atomic mass is 32.1. The second-order valence-corrected chi connectivity index (χ2v) is 6.24. The van der Waals surface area contributed by atoms with Crippen LogP contribution in [0, 0.1) is 0 Å². The summed E-state index contributed by atoms with van der Waals surface area (Å²) in [5, 5.41) is 9.07. The molecule has 1 amide bonds. The Labute approximate surface area is 149 Å². The van der Waals surface area contributed by atoms with Gasteiger partial charge in [-0.15, -0.1) is 11.3 Å². The number of amides is 1. The van der Waals surface area contributed by atoms with Crippen LogP contribution in [-0.2, 0) is 11.3 Å². The van der Waals surface area contributed by atoms with E-state index in [-0.39, 0.29) is 11.5 Å². The summed E-state index contributed by atoms with van der Waals surface area (Å²) in [4.78, 5) is 24.7. The first-order valence-electron chi connectivity index (χ1n) is 7.85. The van der Waals surface area contributed by atoms with Crippen LogP contribution >= 0.6 is 11.3 Å². The van der Waals surface area contributed by atoms with Gasteiger partial charge >= 0.3 is 0 Å². The summed E-state index contributed by atoms with van der Waals surface area (Å²) >= 11 is 1.57. The van der Waals surface area contributed by atoms with Crippen LogP contribution in [0.25, 0.3) is 16.6 Å². The molecule has 0 bridgehead atoms. The second kappa shape index (κ2) is 8.21. The Morgan fingerprint density at radius 1 is 1.12 bits per heavy atom. The molecule has 0 fully saturated rings. The minimum Gasteiger partial charge on any atom is -0.351 e. The van der Waals surface area contributed by atoms with E-state index in [0.717, 1.165) is 16.1 Å². The molecular weight excluding hydrogens is 334 g/mol. The Morgan fingerprint density at radius 2 is 1.96 bits per heavy atom. The molecule has 0 spiro atoms. The zero-order valence-corrected chi connectivity index (χ0v) is 14.3. The van der Waals surface area contributed by atoms with E-state index in [0.29, 0.717) is 13.1 Å². The summed E-state index contributed by atoms with van der Waals surface area (Å²) in [6.45, 7) is 0.654. The van der Waals surface area contributed by atoms with Gasteiger partial charge in [0, 0.05) is 18.7 Å². The van der Waals surface area contributed by atoms with Crippen molar-refractivity contribution >= 4 is 23.3 Å². The summed E-state index contributed by atoms with van der Waals surface area (Å²) < 4.78 is 1.37. The van der Waals surface area contributed by atoms with Gasteiger partial charge in [-0.1, -0.05) is 36.4 Å². The van der Waals surface area contributed by atoms with Gasteiger partial charge in [0.2, 0.25) is 5.91 Å². The normalized spacial score (nSPS) is 10.9. The molecule has 0 aliphatic rings. The average molecular weight is 351 g/mol. The largest absolute Gasteiger partial charge is 0.351 e. The number of rotatable bonds is 6. The fourth-order valence-corrected chi connectivity index (χ4v) is 2.94. The predicted octanol–water partition coefficient (Wildman–Crippen LogP) is 2.80. The van der Waals surface area contributed by atoms with Gasteiger partial charge in [-0.05, 0) is 29.2 Å². The lowest BCUT2D eigenvalue weighted by atomic mass is 10.2. The lowest BCUT2D eigenvalue weighted by molar-refractivity contribution is -0.116. The molecule has 0 atom stereocenters. The fraction of sp³-hybridized carbons (Fsp3) is 0.105. The first-order chi connectivity index (χ1) is 12.2. The molecule has 25 heavy (non-hydrogen) atoms. The van der Waals surface area contributed by atoms with Crippen molar-refractivity contribution in [3.63, 3.8) is 0 Å². The molecule has 1 N–H and O–H groups in total. The molecule has 6 heteroatoms. The molecule has 3 aromatic rings. The molecule has 1 aromatic carbocycles. The van der Waals surface area contributed by atoms with E-state index in [4.69, 9.17) is 0 Å². The maximum absolute atomic E-state index is 11.9. The topological polar surface area (TPSA) is 64.0 Å². The number of thiophene rings is 1. The van der Waals surface area contributed by atoms with Crippen LogP contribution in [0.4, 0.5) is 0 Å². The molecule has 0 saturated heterocycles. The van der Waals surface area contributed by atoms with E-state index in [9.17, 15) is 9.59 Å². The lowest BCUT2D eigenvalue weighted by Gasteiger charge is -2.06. The van der Waals surface area contributed by atoms with Crippen molar-refractivity contribution in [2.75, 3.05) is 6.54 Å². The molecule has 5 nitrogen and oxygen atoms in total. The number of carbonyl (C=O) groups is 1. The molecule has 0 unspecified atom stereocenters. The Morgan fingerprint density at radius 3 is 2.72 bits per heavy atom. The predicted molar refractivity (Wildman–Crippen MR) is 100 cm³/mol. The summed E-state index contributed by atoms with van der Waals surface area (Å²) in [5.41, 5.74) is 1.53. The van der Waals surface area contributed by atoms with Gasteiger partial charge in [-0.3, -0.25) is 9.59 Å². The molecule has 0 radical (unpaired) electrons. The maximum atomic E-state index is 11.9. The number of hydrogen-bond donors (Lipinski definition) is 1. The lowest BCUT2D eigenvalue weighted by Crippen LogP contribution is -2.31. The molecule has 0 saturated carbocycles. The Bertz CT molecular complexity index is 915.